The molecular weight excluding hydrogens is 293 g/mol. The number of halogens is 3. The molecule has 22 heavy (non-hydrogen) atoms. The molecule has 2 nitrogen and oxygen atoms in total. The van der Waals surface area contributed by atoms with Gasteiger partial charge in [0.15, 0.2) is 5.67 Å². The van der Waals surface area contributed by atoms with Gasteiger partial charge in [0.2, 0.25) is 0 Å². The Hall–Kier alpha value is -0.290. The topological polar surface area (TPSA) is 29.5 Å². The molecular formula is C17H27F3O2. The average Bonchev–Trinajstić information content (AvgIpc) is 2.30. The first-order valence-corrected chi connectivity index (χ1v) is 8.40. The summed E-state index contributed by atoms with van der Waals surface area (Å²) in [6.45, 7) is 2.10. The highest BCUT2D eigenvalue weighted by Gasteiger charge is 2.57. The zero-order chi connectivity index (χ0) is 16.2. The lowest BCUT2D eigenvalue weighted by atomic mass is 9.48. The van der Waals surface area contributed by atoms with Crippen molar-refractivity contribution in [1.82, 2.24) is 0 Å². The summed E-state index contributed by atoms with van der Waals surface area (Å²) in [5, 5.41) is 10.6. The van der Waals surface area contributed by atoms with Crippen LogP contribution in [0.4, 0.5) is 13.2 Å². The van der Waals surface area contributed by atoms with Crippen molar-refractivity contribution in [1.29, 1.82) is 0 Å². The Kier molecular flexibility index (Phi) is 3.84. The van der Waals surface area contributed by atoms with E-state index in [1.807, 2.05) is 0 Å². The van der Waals surface area contributed by atoms with E-state index in [1.54, 1.807) is 0 Å². The summed E-state index contributed by atoms with van der Waals surface area (Å²) in [4.78, 5) is 0. The Morgan fingerprint density at radius 1 is 1.09 bits per heavy atom. The van der Waals surface area contributed by atoms with Crippen LogP contribution in [0.5, 0.6) is 0 Å². The molecule has 4 aliphatic carbocycles. The fourth-order valence-electron chi connectivity index (χ4n) is 5.36. The first-order valence-electron chi connectivity index (χ1n) is 8.40. The Morgan fingerprint density at radius 3 is 2.18 bits per heavy atom. The number of rotatable bonds is 6. The van der Waals surface area contributed by atoms with Crippen LogP contribution in [0.2, 0.25) is 0 Å². The van der Waals surface area contributed by atoms with Crippen LogP contribution in [0.25, 0.3) is 0 Å². The van der Waals surface area contributed by atoms with Gasteiger partial charge in [0.1, 0.15) is 0 Å². The summed E-state index contributed by atoms with van der Waals surface area (Å²) >= 11 is 0. The molecule has 4 fully saturated rings. The third-order valence-electron chi connectivity index (χ3n) is 5.99. The van der Waals surface area contributed by atoms with Gasteiger partial charge >= 0.3 is 0 Å². The molecule has 1 N–H and O–H groups in total. The van der Waals surface area contributed by atoms with Crippen LogP contribution in [0.15, 0.2) is 0 Å². The van der Waals surface area contributed by atoms with Crippen molar-refractivity contribution < 1.29 is 23.0 Å². The van der Waals surface area contributed by atoms with Gasteiger partial charge < -0.3 is 9.84 Å². The maximum Gasteiger partial charge on any atom is 0.283 e. The van der Waals surface area contributed by atoms with Crippen molar-refractivity contribution in [3.05, 3.63) is 0 Å². The van der Waals surface area contributed by atoms with E-state index < -0.39 is 23.6 Å². The predicted octanol–water partition coefficient (Wildman–Crippen LogP) is 4.11. The van der Waals surface area contributed by atoms with Crippen LogP contribution >= 0.6 is 0 Å². The van der Waals surface area contributed by atoms with Crippen LogP contribution in [-0.2, 0) is 4.74 Å². The van der Waals surface area contributed by atoms with E-state index in [1.165, 1.54) is 6.42 Å². The molecule has 0 spiro atoms. The van der Waals surface area contributed by atoms with Gasteiger partial charge in [0, 0.05) is 6.42 Å². The standard InChI is InChI=1S/C17H27F3O2/c1-14(2,18)17(19,20)3-4-22-11-15-6-12-5-13(7-15)9-16(21,8-12)10-15/h12-13,21H,3-11H2,1-2H3. The Balaban J connectivity index is 1.52. The van der Waals surface area contributed by atoms with Gasteiger partial charge in [-0.2, -0.15) is 0 Å². The third kappa shape index (κ3) is 3.03. The van der Waals surface area contributed by atoms with Crippen molar-refractivity contribution in [2.45, 2.75) is 76.0 Å². The molecule has 4 aliphatic rings. The third-order valence-corrected chi connectivity index (χ3v) is 5.99. The number of aliphatic hydroxyl groups is 1. The largest absolute Gasteiger partial charge is 0.390 e. The smallest absolute Gasteiger partial charge is 0.283 e. The highest BCUT2D eigenvalue weighted by atomic mass is 19.3. The fourth-order valence-corrected chi connectivity index (χ4v) is 5.36. The normalized spacial score (nSPS) is 41.2. The molecule has 0 aromatic carbocycles. The van der Waals surface area contributed by atoms with Crippen molar-refractivity contribution in [3.8, 4) is 0 Å². The molecule has 0 amide bonds. The van der Waals surface area contributed by atoms with Crippen molar-refractivity contribution in [2.75, 3.05) is 13.2 Å². The van der Waals surface area contributed by atoms with Gasteiger partial charge in [-0.25, -0.2) is 13.2 Å². The minimum Gasteiger partial charge on any atom is -0.390 e. The van der Waals surface area contributed by atoms with Crippen molar-refractivity contribution >= 4 is 0 Å². The minimum absolute atomic E-state index is 0.0423. The summed E-state index contributed by atoms with van der Waals surface area (Å²) in [6, 6.07) is 0. The SMILES string of the molecule is CC(C)(F)C(F)(F)CCOCC12CC3CC(CC(O)(C3)C1)C2. The molecule has 0 aromatic heterocycles. The molecule has 0 aliphatic heterocycles. The molecule has 128 valence electrons. The fraction of sp³-hybridized carbons (Fsp3) is 1.00. The number of hydrogen-bond acceptors (Lipinski definition) is 2. The van der Waals surface area contributed by atoms with Crippen LogP contribution in [0.1, 0.15) is 58.8 Å². The molecule has 4 saturated carbocycles. The van der Waals surface area contributed by atoms with E-state index >= 15 is 0 Å². The minimum atomic E-state index is -3.37. The molecule has 4 bridgehead atoms. The van der Waals surface area contributed by atoms with Gasteiger partial charge in [0.25, 0.3) is 5.92 Å². The predicted molar refractivity (Wildman–Crippen MR) is 77.6 cm³/mol. The number of hydrogen-bond donors (Lipinski definition) is 1. The Labute approximate surface area is 130 Å². The van der Waals surface area contributed by atoms with E-state index in [2.05, 4.69) is 0 Å². The molecule has 0 radical (unpaired) electrons. The van der Waals surface area contributed by atoms with Crippen LogP contribution in [0.3, 0.4) is 0 Å². The first-order chi connectivity index (χ1) is 10.0. The summed E-state index contributed by atoms with van der Waals surface area (Å²) in [5.41, 5.74) is -3.12. The zero-order valence-electron chi connectivity index (χ0n) is 13.5. The molecule has 2 unspecified atom stereocenters. The lowest BCUT2D eigenvalue weighted by molar-refractivity contribution is -0.185. The maximum absolute atomic E-state index is 13.6. The highest BCUT2D eigenvalue weighted by molar-refractivity contribution is 5.08. The quantitative estimate of drug-likeness (QED) is 0.746. The van der Waals surface area contributed by atoms with Gasteiger partial charge in [-0.1, -0.05) is 0 Å². The number of ether oxygens (including phenoxy) is 1. The lowest BCUT2D eigenvalue weighted by Gasteiger charge is -2.60. The maximum atomic E-state index is 13.6. The molecule has 4 rings (SSSR count). The van der Waals surface area contributed by atoms with E-state index in [9.17, 15) is 18.3 Å². The first kappa shape index (κ1) is 16.6. The summed E-state index contributed by atoms with van der Waals surface area (Å²) in [5.74, 6) is -2.26. The van der Waals surface area contributed by atoms with E-state index in [0.29, 0.717) is 18.4 Å². The second kappa shape index (κ2) is 5.10. The summed E-state index contributed by atoms with van der Waals surface area (Å²) in [6.07, 6.45) is 5.19. The van der Waals surface area contributed by atoms with Gasteiger partial charge in [-0.05, 0) is 69.6 Å². The molecule has 0 heterocycles. The van der Waals surface area contributed by atoms with E-state index in [4.69, 9.17) is 4.74 Å². The number of alkyl halides is 3. The average molecular weight is 320 g/mol. The Bertz CT molecular complexity index is 416. The van der Waals surface area contributed by atoms with Crippen molar-refractivity contribution in [3.63, 3.8) is 0 Å². The molecule has 2 atom stereocenters. The lowest BCUT2D eigenvalue weighted by Crippen LogP contribution is -2.57. The molecule has 5 heteroatoms. The monoisotopic (exact) mass is 320 g/mol. The zero-order valence-corrected chi connectivity index (χ0v) is 13.5. The summed E-state index contributed by atoms with van der Waals surface area (Å²) < 4.78 is 46.1. The van der Waals surface area contributed by atoms with E-state index in [-0.39, 0.29) is 12.0 Å². The van der Waals surface area contributed by atoms with Crippen molar-refractivity contribution in [2.24, 2.45) is 17.3 Å². The van der Waals surface area contributed by atoms with E-state index in [0.717, 1.165) is 46.0 Å². The van der Waals surface area contributed by atoms with Gasteiger partial charge in [0.05, 0.1) is 18.8 Å². The molecule has 0 aromatic rings. The van der Waals surface area contributed by atoms with Crippen LogP contribution in [0, 0.1) is 17.3 Å². The van der Waals surface area contributed by atoms with Gasteiger partial charge in [-0.15, -0.1) is 0 Å². The van der Waals surface area contributed by atoms with Crippen LogP contribution < -0.4 is 0 Å². The highest BCUT2D eigenvalue weighted by Crippen LogP contribution is 2.61. The second-order valence-electron chi connectivity index (χ2n) is 8.66. The Morgan fingerprint density at radius 2 is 1.68 bits per heavy atom. The summed E-state index contributed by atoms with van der Waals surface area (Å²) in [7, 11) is 0. The van der Waals surface area contributed by atoms with Gasteiger partial charge in [-0.3, -0.25) is 0 Å². The van der Waals surface area contributed by atoms with Crippen LogP contribution in [-0.4, -0.2) is 35.5 Å². The second-order valence-corrected chi connectivity index (χ2v) is 8.66. The molecule has 0 saturated heterocycles.